The summed E-state index contributed by atoms with van der Waals surface area (Å²) in [5, 5.41) is 0.923. The highest BCUT2D eigenvalue weighted by atomic mass is 16.7. The molecule has 5 heteroatoms. The van der Waals surface area contributed by atoms with E-state index in [1.54, 1.807) is 20.8 Å². The molecule has 1 amide bonds. The van der Waals surface area contributed by atoms with E-state index in [1.807, 2.05) is 6.92 Å². The number of hydroxylamine groups is 2. The fourth-order valence-electron chi connectivity index (χ4n) is 0.951. The number of rotatable bonds is 3. The highest BCUT2D eigenvalue weighted by Crippen LogP contribution is 2.22. The van der Waals surface area contributed by atoms with Crippen molar-refractivity contribution in [1.82, 2.24) is 5.06 Å². The second-order valence-electron chi connectivity index (χ2n) is 4.36. The molecule has 1 rings (SSSR count). The van der Waals surface area contributed by atoms with Gasteiger partial charge in [0.1, 0.15) is 5.76 Å². The largest absolute Gasteiger partial charge is 0.474 e. The lowest BCUT2D eigenvalue weighted by Gasteiger charge is -2.28. The Kier molecular flexibility index (Phi) is 3.57. The number of carbonyl (C=O) groups is 2. The maximum absolute atomic E-state index is 11.7. The Morgan fingerprint density at radius 2 is 2.25 bits per heavy atom. The van der Waals surface area contributed by atoms with Gasteiger partial charge in [0.2, 0.25) is 0 Å². The third kappa shape index (κ3) is 2.74. The number of nitrogens with zero attached hydrogens (tertiary/aromatic N) is 1. The summed E-state index contributed by atoms with van der Waals surface area (Å²) in [7, 11) is 0. The van der Waals surface area contributed by atoms with Gasteiger partial charge in [-0.25, -0.2) is 4.79 Å². The van der Waals surface area contributed by atoms with E-state index in [0.717, 1.165) is 5.06 Å². The van der Waals surface area contributed by atoms with Gasteiger partial charge in [0.15, 0.2) is 6.73 Å². The van der Waals surface area contributed by atoms with Crippen molar-refractivity contribution in [2.24, 2.45) is 5.41 Å². The second-order valence-corrected chi connectivity index (χ2v) is 4.36. The summed E-state index contributed by atoms with van der Waals surface area (Å²) < 4.78 is 5.10. The lowest BCUT2D eigenvalue weighted by atomic mass is 9.91. The van der Waals surface area contributed by atoms with Crippen LogP contribution in [0.25, 0.3) is 0 Å². The van der Waals surface area contributed by atoms with E-state index in [1.165, 1.54) is 6.08 Å². The van der Waals surface area contributed by atoms with Crippen molar-refractivity contribution in [2.75, 3.05) is 6.73 Å². The van der Waals surface area contributed by atoms with E-state index < -0.39 is 11.4 Å². The van der Waals surface area contributed by atoms with Crippen molar-refractivity contribution in [1.29, 1.82) is 0 Å². The van der Waals surface area contributed by atoms with Gasteiger partial charge in [-0.05, 0) is 27.2 Å². The normalized spacial score (nSPS) is 16.6. The topological polar surface area (TPSA) is 55.8 Å². The number of hydrogen-bond acceptors (Lipinski definition) is 4. The molecule has 0 unspecified atom stereocenters. The minimum Gasteiger partial charge on any atom is -0.474 e. The van der Waals surface area contributed by atoms with Crippen LogP contribution in [0, 0.1) is 5.41 Å². The van der Waals surface area contributed by atoms with Crippen molar-refractivity contribution in [2.45, 2.75) is 34.1 Å². The van der Waals surface area contributed by atoms with Crippen LogP contribution in [-0.4, -0.2) is 23.7 Å². The van der Waals surface area contributed by atoms with Gasteiger partial charge in [0.25, 0.3) is 5.91 Å². The standard InChI is InChI=1S/C11H17NO4/c1-5-11(3,4)10(14)16-12-7-15-8(2)6-9(12)13/h6H,5,7H2,1-4H3. The van der Waals surface area contributed by atoms with E-state index in [-0.39, 0.29) is 12.6 Å². The predicted molar refractivity (Wildman–Crippen MR) is 56.7 cm³/mol. The van der Waals surface area contributed by atoms with Crippen molar-refractivity contribution < 1.29 is 19.2 Å². The average Bonchev–Trinajstić information content (AvgIpc) is 2.22. The first-order valence-electron chi connectivity index (χ1n) is 5.22. The van der Waals surface area contributed by atoms with Crippen LogP contribution in [0.3, 0.4) is 0 Å². The molecule has 0 saturated carbocycles. The minimum atomic E-state index is -0.601. The molecule has 0 fully saturated rings. The summed E-state index contributed by atoms with van der Waals surface area (Å²) in [6, 6.07) is 0. The molecule has 0 aliphatic carbocycles. The number of allylic oxidation sites excluding steroid dienone is 1. The zero-order valence-electron chi connectivity index (χ0n) is 10.1. The highest BCUT2D eigenvalue weighted by molar-refractivity contribution is 5.89. The molecule has 0 aromatic carbocycles. The Bertz CT molecular complexity index is 333. The lowest BCUT2D eigenvalue weighted by Crippen LogP contribution is -2.40. The minimum absolute atomic E-state index is 0.0489. The number of hydrogen-bond donors (Lipinski definition) is 0. The summed E-state index contributed by atoms with van der Waals surface area (Å²) in [6.45, 7) is 7.05. The van der Waals surface area contributed by atoms with E-state index >= 15 is 0 Å². The Morgan fingerprint density at radius 1 is 1.62 bits per heavy atom. The molecule has 90 valence electrons. The average molecular weight is 227 g/mol. The molecule has 5 nitrogen and oxygen atoms in total. The summed E-state index contributed by atoms with van der Waals surface area (Å²) >= 11 is 0. The molecule has 0 radical (unpaired) electrons. The molecular formula is C11H17NO4. The van der Waals surface area contributed by atoms with Gasteiger partial charge < -0.3 is 9.57 Å². The first-order valence-corrected chi connectivity index (χ1v) is 5.22. The van der Waals surface area contributed by atoms with Gasteiger partial charge in [0.05, 0.1) is 5.41 Å². The van der Waals surface area contributed by atoms with Gasteiger partial charge in [-0.2, -0.15) is 0 Å². The van der Waals surface area contributed by atoms with E-state index in [0.29, 0.717) is 12.2 Å². The van der Waals surface area contributed by atoms with Crippen LogP contribution in [0.5, 0.6) is 0 Å². The molecule has 0 atom stereocenters. The fraction of sp³-hybridized carbons (Fsp3) is 0.636. The Balaban J connectivity index is 2.63. The van der Waals surface area contributed by atoms with E-state index in [9.17, 15) is 9.59 Å². The smallest absolute Gasteiger partial charge is 0.338 e. The van der Waals surface area contributed by atoms with Gasteiger partial charge in [-0.15, -0.1) is 5.06 Å². The first-order chi connectivity index (χ1) is 7.36. The van der Waals surface area contributed by atoms with Crippen LogP contribution >= 0.6 is 0 Å². The molecule has 1 aliphatic rings. The second kappa shape index (κ2) is 4.55. The molecule has 16 heavy (non-hydrogen) atoms. The fourth-order valence-corrected chi connectivity index (χ4v) is 0.951. The molecular weight excluding hydrogens is 210 g/mol. The monoisotopic (exact) mass is 227 g/mol. The molecule has 0 bridgehead atoms. The zero-order chi connectivity index (χ0) is 12.3. The molecule has 0 saturated heterocycles. The van der Waals surface area contributed by atoms with Crippen LogP contribution in [0.4, 0.5) is 0 Å². The maximum atomic E-state index is 11.7. The summed E-state index contributed by atoms with van der Waals surface area (Å²) in [5.74, 6) is -0.282. The van der Waals surface area contributed by atoms with Crippen LogP contribution in [-0.2, 0) is 19.2 Å². The molecule has 0 aromatic rings. The third-order valence-electron chi connectivity index (χ3n) is 2.61. The Labute approximate surface area is 95.0 Å². The number of ether oxygens (including phenoxy) is 1. The van der Waals surface area contributed by atoms with Crippen LogP contribution in [0.15, 0.2) is 11.8 Å². The zero-order valence-corrected chi connectivity index (χ0v) is 10.1. The van der Waals surface area contributed by atoms with Crippen molar-refractivity contribution in [3.63, 3.8) is 0 Å². The van der Waals surface area contributed by atoms with Crippen molar-refractivity contribution in [3.8, 4) is 0 Å². The number of carbonyl (C=O) groups excluding carboxylic acids is 2. The molecule has 0 spiro atoms. The third-order valence-corrected chi connectivity index (χ3v) is 2.61. The predicted octanol–water partition coefficient (Wildman–Crippen LogP) is 1.60. The molecule has 0 N–H and O–H groups in total. The first kappa shape index (κ1) is 12.5. The van der Waals surface area contributed by atoms with Crippen molar-refractivity contribution in [3.05, 3.63) is 11.8 Å². The molecule has 1 aliphatic heterocycles. The van der Waals surface area contributed by atoms with Gasteiger partial charge >= 0.3 is 5.97 Å². The number of amides is 1. The van der Waals surface area contributed by atoms with E-state index in [2.05, 4.69) is 0 Å². The summed E-state index contributed by atoms with van der Waals surface area (Å²) in [6.07, 6.45) is 1.93. The van der Waals surface area contributed by atoms with Gasteiger partial charge in [-0.1, -0.05) is 6.92 Å². The van der Waals surface area contributed by atoms with Gasteiger partial charge in [-0.3, -0.25) is 4.79 Å². The highest BCUT2D eigenvalue weighted by Gasteiger charge is 2.31. The lowest BCUT2D eigenvalue weighted by molar-refractivity contribution is -0.220. The molecule has 1 heterocycles. The Hall–Kier alpha value is -1.52. The SMILES string of the molecule is CCC(C)(C)C(=O)ON1COC(C)=CC1=O. The van der Waals surface area contributed by atoms with Crippen LogP contribution in [0.1, 0.15) is 34.1 Å². The summed E-state index contributed by atoms with van der Waals surface area (Å²) in [4.78, 5) is 28.1. The van der Waals surface area contributed by atoms with Crippen LogP contribution in [0.2, 0.25) is 0 Å². The quantitative estimate of drug-likeness (QED) is 0.734. The van der Waals surface area contributed by atoms with E-state index in [4.69, 9.17) is 9.57 Å². The summed E-state index contributed by atoms with van der Waals surface area (Å²) in [5.41, 5.74) is -0.601. The Morgan fingerprint density at radius 3 is 2.75 bits per heavy atom. The molecule has 0 aromatic heterocycles. The van der Waals surface area contributed by atoms with Gasteiger partial charge in [0, 0.05) is 6.08 Å². The van der Waals surface area contributed by atoms with Crippen LogP contribution < -0.4 is 0 Å². The van der Waals surface area contributed by atoms with Crippen molar-refractivity contribution >= 4 is 11.9 Å². The maximum Gasteiger partial charge on any atom is 0.338 e.